The summed E-state index contributed by atoms with van der Waals surface area (Å²) in [6, 6.07) is 21.6. The second-order valence-electron chi connectivity index (χ2n) is 19.7. The Kier molecular flexibility index (Phi) is 6.73. The molecule has 1 aromatic heterocycles. The van der Waals surface area contributed by atoms with Crippen LogP contribution in [-0.4, -0.2) is 0 Å². The van der Waals surface area contributed by atoms with Gasteiger partial charge < -0.3 is 4.42 Å². The number of furan rings is 1. The fourth-order valence-corrected chi connectivity index (χ4v) is 15.1. The molecule has 1 heterocycles. The van der Waals surface area contributed by atoms with E-state index in [1.807, 2.05) is 0 Å². The minimum absolute atomic E-state index is 0.147. The minimum atomic E-state index is -0.147. The maximum Gasteiger partial charge on any atom is 0.139 e. The standard InChI is InChI=1S/C51H58O/c1-27(2)39-43(31-16-10-8-11-17-31)51(44(39)32-18-12-9-13-19-32)46-34-22-23-35-45(50(6,7)47-33-20-14-15-21-38(33)52-49(35)47)41(34)37-26-30(5)40-29(4)24-28(3)25-36(40)42(37)48(46)51/h14-15,20-27,31-32,39,43-44,46,48H,8-13,16-19H2,1-7H3. The van der Waals surface area contributed by atoms with Crippen LogP contribution in [0.3, 0.4) is 0 Å². The SMILES string of the molecule is Cc1cc(C)c2c(C)cc3c(c2c1)C1C(c2ccc4c(c2-3)C(C)(C)c2c-4oc3ccccc23)C12C(C1CCCCC1)C(C(C)C)C2C1CCCCC1. The Morgan fingerprint density at radius 2 is 1.33 bits per heavy atom. The lowest BCUT2D eigenvalue weighted by molar-refractivity contribution is -0.151. The molecule has 268 valence electrons. The van der Waals surface area contributed by atoms with E-state index in [1.54, 1.807) is 27.6 Å². The van der Waals surface area contributed by atoms with Gasteiger partial charge in [0.05, 0.1) is 0 Å². The molecule has 4 aromatic carbocycles. The molecule has 4 unspecified atom stereocenters. The fraction of sp³-hybridized carbons (Fsp3) is 0.529. The molecule has 4 saturated carbocycles. The smallest absolute Gasteiger partial charge is 0.139 e. The largest absolute Gasteiger partial charge is 0.456 e. The third-order valence-electron chi connectivity index (χ3n) is 16.4. The molecule has 1 heteroatoms. The molecule has 5 aromatic rings. The van der Waals surface area contributed by atoms with Crippen molar-refractivity contribution in [1.82, 2.24) is 0 Å². The average molecular weight is 687 g/mol. The summed E-state index contributed by atoms with van der Waals surface area (Å²) in [7, 11) is 0. The fourth-order valence-electron chi connectivity index (χ4n) is 15.1. The zero-order valence-electron chi connectivity index (χ0n) is 32.8. The zero-order valence-corrected chi connectivity index (χ0v) is 32.8. The Morgan fingerprint density at radius 3 is 2.00 bits per heavy atom. The highest BCUT2D eigenvalue weighted by atomic mass is 16.3. The lowest BCUT2D eigenvalue weighted by Gasteiger charge is -2.63. The van der Waals surface area contributed by atoms with E-state index in [9.17, 15) is 0 Å². The molecule has 0 radical (unpaired) electrons. The van der Waals surface area contributed by atoms with E-state index in [4.69, 9.17) is 4.42 Å². The van der Waals surface area contributed by atoms with Gasteiger partial charge in [-0.1, -0.05) is 146 Å². The molecule has 4 atom stereocenters. The Balaban J connectivity index is 1.23. The summed E-state index contributed by atoms with van der Waals surface area (Å²) in [6.07, 6.45) is 14.5. The predicted octanol–water partition coefficient (Wildman–Crippen LogP) is 14.3. The van der Waals surface area contributed by atoms with Crippen molar-refractivity contribution in [3.05, 3.63) is 93.5 Å². The van der Waals surface area contributed by atoms with Crippen LogP contribution in [0.15, 0.2) is 59.0 Å². The van der Waals surface area contributed by atoms with Crippen molar-refractivity contribution in [2.24, 2.45) is 40.9 Å². The Labute approximate surface area is 312 Å². The lowest BCUT2D eigenvalue weighted by atomic mass is 9.41. The van der Waals surface area contributed by atoms with Crippen LogP contribution in [-0.2, 0) is 5.41 Å². The molecular weight excluding hydrogens is 629 g/mol. The maximum absolute atomic E-state index is 6.82. The van der Waals surface area contributed by atoms with Crippen molar-refractivity contribution < 1.29 is 4.42 Å². The van der Waals surface area contributed by atoms with Crippen molar-refractivity contribution in [2.45, 2.75) is 130 Å². The summed E-state index contributed by atoms with van der Waals surface area (Å²) >= 11 is 0. The first-order valence-electron chi connectivity index (χ1n) is 21.4. The van der Waals surface area contributed by atoms with E-state index in [1.165, 1.54) is 108 Å². The van der Waals surface area contributed by atoms with Crippen LogP contribution in [0.1, 0.15) is 143 Å². The van der Waals surface area contributed by atoms with Crippen LogP contribution in [0.4, 0.5) is 0 Å². The highest BCUT2D eigenvalue weighted by molar-refractivity contribution is 6.04. The van der Waals surface area contributed by atoms with Gasteiger partial charge in [0.25, 0.3) is 0 Å². The van der Waals surface area contributed by atoms with Gasteiger partial charge in [0, 0.05) is 21.9 Å². The van der Waals surface area contributed by atoms with E-state index in [-0.39, 0.29) is 5.41 Å². The predicted molar refractivity (Wildman–Crippen MR) is 217 cm³/mol. The van der Waals surface area contributed by atoms with E-state index < -0.39 is 0 Å². The maximum atomic E-state index is 6.82. The highest BCUT2D eigenvalue weighted by Crippen LogP contribution is 2.90. The van der Waals surface area contributed by atoms with Crippen molar-refractivity contribution in [3.63, 3.8) is 0 Å². The number of hydrogen-bond donors (Lipinski definition) is 0. The molecule has 1 nitrogen and oxygen atoms in total. The first-order valence-corrected chi connectivity index (χ1v) is 21.4. The molecule has 52 heavy (non-hydrogen) atoms. The topological polar surface area (TPSA) is 13.1 Å². The van der Waals surface area contributed by atoms with Crippen LogP contribution in [0, 0.1) is 61.7 Å². The number of para-hydroxylation sites is 1. The van der Waals surface area contributed by atoms with Crippen LogP contribution < -0.4 is 0 Å². The first kappa shape index (κ1) is 32.1. The van der Waals surface area contributed by atoms with Crippen molar-refractivity contribution in [1.29, 1.82) is 0 Å². The molecule has 0 amide bonds. The van der Waals surface area contributed by atoms with Gasteiger partial charge in [-0.05, 0) is 129 Å². The van der Waals surface area contributed by atoms with Crippen LogP contribution in [0.25, 0.3) is 44.2 Å². The summed E-state index contributed by atoms with van der Waals surface area (Å²) in [6.45, 7) is 17.4. The molecule has 6 aliphatic rings. The van der Waals surface area contributed by atoms with E-state index in [0.29, 0.717) is 17.3 Å². The second-order valence-corrected chi connectivity index (χ2v) is 19.7. The van der Waals surface area contributed by atoms with Gasteiger partial charge in [-0.15, -0.1) is 0 Å². The van der Waals surface area contributed by atoms with Crippen molar-refractivity contribution in [3.8, 4) is 22.5 Å². The number of aryl methyl sites for hydroxylation is 3. The molecule has 0 saturated heterocycles. The summed E-state index contributed by atoms with van der Waals surface area (Å²) < 4.78 is 6.82. The second kappa shape index (κ2) is 10.9. The Hall–Kier alpha value is -3.32. The van der Waals surface area contributed by atoms with Gasteiger partial charge in [-0.25, -0.2) is 0 Å². The molecule has 0 bridgehead atoms. The third kappa shape index (κ3) is 3.87. The van der Waals surface area contributed by atoms with Crippen LogP contribution >= 0.6 is 0 Å². The number of rotatable bonds is 3. The molecule has 0 aliphatic heterocycles. The van der Waals surface area contributed by atoms with Crippen LogP contribution in [0.2, 0.25) is 0 Å². The third-order valence-corrected chi connectivity index (χ3v) is 16.4. The van der Waals surface area contributed by atoms with E-state index in [2.05, 4.69) is 103 Å². The lowest BCUT2D eigenvalue weighted by Crippen LogP contribution is -2.58. The number of benzene rings is 4. The normalized spacial score (nSPS) is 30.3. The molecule has 4 fully saturated rings. The van der Waals surface area contributed by atoms with Gasteiger partial charge in [0.1, 0.15) is 11.3 Å². The molecule has 0 N–H and O–H groups in total. The summed E-state index contributed by atoms with van der Waals surface area (Å²) in [5, 5.41) is 4.40. The molecule has 6 aliphatic carbocycles. The zero-order chi connectivity index (χ0) is 35.4. The molecular formula is C51H58O. The summed E-state index contributed by atoms with van der Waals surface area (Å²) in [4.78, 5) is 0. The van der Waals surface area contributed by atoms with Gasteiger partial charge in [0.2, 0.25) is 0 Å². The monoisotopic (exact) mass is 686 g/mol. The van der Waals surface area contributed by atoms with Gasteiger partial charge in [-0.2, -0.15) is 0 Å². The highest BCUT2D eigenvalue weighted by Gasteiger charge is 2.83. The van der Waals surface area contributed by atoms with Crippen molar-refractivity contribution >= 4 is 21.7 Å². The Bertz CT molecular complexity index is 2270. The van der Waals surface area contributed by atoms with E-state index in [0.717, 1.165) is 46.9 Å². The molecule has 1 spiro atoms. The first-order chi connectivity index (χ1) is 25.2. The summed E-state index contributed by atoms with van der Waals surface area (Å²) in [5.41, 5.74) is 16.5. The molecule has 11 rings (SSSR count). The van der Waals surface area contributed by atoms with Gasteiger partial charge >= 0.3 is 0 Å². The van der Waals surface area contributed by atoms with Gasteiger partial charge in [0.15, 0.2) is 0 Å². The number of hydrogen-bond acceptors (Lipinski definition) is 1. The van der Waals surface area contributed by atoms with Crippen LogP contribution in [0.5, 0.6) is 0 Å². The van der Waals surface area contributed by atoms with Crippen molar-refractivity contribution in [2.75, 3.05) is 0 Å². The van der Waals surface area contributed by atoms with Gasteiger partial charge in [-0.3, -0.25) is 0 Å². The minimum Gasteiger partial charge on any atom is -0.456 e. The average Bonchev–Trinajstić information content (AvgIpc) is 3.59. The summed E-state index contributed by atoms with van der Waals surface area (Å²) in [5.74, 6) is 7.46. The number of fused-ring (bicyclic) bond motifs is 16. The quantitative estimate of drug-likeness (QED) is 0.184. The Morgan fingerprint density at radius 1 is 0.673 bits per heavy atom. The van der Waals surface area contributed by atoms with E-state index >= 15 is 0 Å².